The van der Waals surface area contributed by atoms with E-state index in [0.29, 0.717) is 24.1 Å². The van der Waals surface area contributed by atoms with Crippen molar-refractivity contribution in [1.29, 1.82) is 5.26 Å². The number of nitrogens with two attached hydrogens (primary N) is 1. The van der Waals surface area contributed by atoms with E-state index in [1.165, 1.54) is 6.42 Å². The number of pyridine rings is 1. The van der Waals surface area contributed by atoms with E-state index in [1.807, 2.05) is 0 Å². The number of hydrogen-bond donors (Lipinski definition) is 1. The van der Waals surface area contributed by atoms with Gasteiger partial charge in [0, 0.05) is 18.8 Å². The maximum absolute atomic E-state index is 9.13. The third-order valence-electron chi connectivity index (χ3n) is 3.54. The molecule has 1 fully saturated rings. The van der Waals surface area contributed by atoms with Gasteiger partial charge >= 0.3 is 0 Å². The highest BCUT2D eigenvalue weighted by Gasteiger charge is 2.26. The van der Waals surface area contributed by atoms with Crippen LogP contribution in [0.3, 0.4) is 0 Å². The summed E-state index contributed by atoms with van der Waals surface area (Å²) in [6.45, 7) is 3.84. The van der Waals surface area contributed by atoms with Gasteiger partial charge in [-0.1, -0.05) is 0 Å². The summed E-state index contributed by atoms with van der Waals surface area (Å²) in [7, 11) is 0. The molecule has 0 bridgehead atoms. The lowest BCUT2D eigenvalue weighted by atomic mass is 9.93. The quantitative estimate of drug-likeness (QED) is 0.836. The molecular formula is C13H18N4. The van der Waals surface area contributed by atoms with Crippen LogP contribution in [0.5, 0.6) is 0 Å². The van der Waals surface area contributed by atoms with Gasteiger partial charge in [0.15, 0.2) is 0 Å². The van der Waals surface area contributed by atoms with Crippen LogP contribution in [0.1, 0.15) is 25.3 Å². The molecule has 0 aromatic carbocycles. The SMILES string of the molecule is CC1CCC(CN)CN1c1cnccc1C#N. The zero-order valence-electron chi connectivity index (χ0n) is 10.1. The summed E-state index contributed by atoms with van der Waals surface area (Å²) in [6.07, 6.45) is 5.75. The highest BCUT2D eigenvalue weighted by atomic mass is 15.2. The lowest BCUT2D eigenvalue weighted by Crippen LogP contribution is -2.44. The van der Waals surface area contributed by atoms with Crippen molar-refractivity contribution in [2.45, 2.75) is 25.8 Å². The van der Waals surface area contributed by atoms with E-state index in [0.717, 1.165) is 18.7 Å². The normalized spacial score (nSPS) is 24.4. The first-order chi connectivity index (χ1) is 8.26. The zero-order valence-corrected chi connectivity index (χ0v) is 10.1. The highest BCUT2D eigenvalue weighted by molar-refractivity contribution is 5.58. The molecule has 0 radical (unpaired) electrons. The topological polar surface area (TPSA) is 65.9 Å². The molecule has 1 aromatic rings. The molecule has 1 aliphatic rings. The van der Waals surface area contributed by atoms with Gasteiger partial charge in [-0.05, 0) is 38.3 Å². The summed E-state index contributed by atoms with van der Waals surface area (Å²) in [4.78, 5) is 6.40. The minimum atomic E-state index is 0.453. The Morgan fingerprint density at radius 3 is 3.12 bits per heavy atom. The monoisotopic (exact) mass is 230 g/mol. The molecule has 2 atom stereocenters. The fourth-order valence-electron chi connectivity index (χ4n) is 2.42. The average Bonchev–Trinajstić information content (AvgIpc) is 2.39. The molecule has 0 saturated carbocycles. The van der Waals surface area contributed by atoms with Crippen molar-refractivity contribution in [3.8, 4) is 6.07 Å². The van der Waals surface area contributed by atoms with Gasteiger partial charge in [0.05, 0.1) is 17.4 Å². The Morgan fingerprint density at radius 1 is 1.59 bits per heavy atom. The minimum absolute atomic E-state index is 0.453. The highest BCUT2D eigenvalue weighted by Crippen LogP contribution is 2.28. The second-order valence-electron chi connectivity index (χ2n) is 4.69. The molecule has 90 valence electrons. The van der Waals surface area contributed by atoms with Gasteiger partial charge in [0.25, 0.3) is 0 Å². The molecule has 2 N–H and O–H groups in total. The first-order valence-electron chi connectivity index (χ1n) is 6.07. The van der Waals surface area contributed by atoms with Crippen LogP contribution in [-0.4, -0.2) is 24.1 Å². The zero-order chi connectivity index (χ0) is 12.3. The molecule has 2 heterocycles. The van der Waals surface area contributed by atoms with Crippen molar-refractivity contribution in [2.75, 3.05) is 18.0 Å². The average molecular weight is 230 g/mol. The van der Waals surface area contributed by atoms with Crippen molar-refractivity contribution in [2.24, 2.45) is 11.7 Å². The predicted molar refractivity (Wildman–Crippen MR) is 67.5 cm³/mol. The van der Waals surface area contributed by atoms with Crippen LogP contribution in [0, 0.1) is 17.2 Å². The van der Waals surface area contributed by atoms with E-state index < -0.39 is 0 Å². The van der Waals surface area contributed by atoms with Gasteiger partial charge in [0.2, 0.25) is 0 Å². The van der Waals surface area contributed by atoms with Crippen LogP contribution in [0.15, 0.2) is 18.5 Å². The van der Waals surface area contributed by atoms with Crippen molar-refractivity contribution in [1.82, 2.24) is 4.98 Å². The molecule has 2 unspecified atom stereocenters. The van der Waals surface area contributed by atoms with Crippen LogP contribution in [0.25, 0.3) is 0 Å². The van der Waals surface area contributed by atoms with Gasteiger partial charge in [0.1, 0.15) is 6.07 Å². The maximum Gasteiger partial charge on any atom is 0.101 e. The number of aromatic nitrogens is 1. The molecule has 4 heteroatoms. The fraction of sp³-hybridized carbons (Fsp3) is 0.538. The van der Waals surface area contributed by atoms with E-state index in [-0.39, 0.29) is 0 Å². The molecule has 0 aliphatic carbocycles. The van der Waals surface area contributed by atoms with Crippen LogP contribution < -0.4 is 10.6 Å². The summed E-state index contributed by atoms with van der Waals surface area (Å²) >= 11 is 0. The molecule has 2 rings (SSSR count). The smallest absolute Gasteiger partial charge is 0.101 e. The van der Waals surface area contributed by atoms with Crippen molar-refractivity contribution in [3.63, 3.8) is 0 Å². The molecule has 17 heavy (non-hydrogen) atoms. The Bertz CT molecular complexity index is 424. The van der Waals surface area contributed by atoms with Crippen LogP contribution >= 0.6 is 0 Å². The number of piperidine rings is 1. The number of nitrogens with zero attached hydrogens (tertiary/aromatic N) is 3. The molecule has 1 saturated heterocycles. The third-order valence-corrected chi connectivity index (χ3v) is 3.54. The van der Waals surface area contributed by atoms with Gasteiger partial charge in [-0.15, -0.1) is 0 Å². The van der Waals surface area contributed by atoms with Gasteiger partial charge in [-0.3, -0.25) is 4.98 Å². The lowest BCUT2D eigenvalue weighted by Gasteiger charge is -2.39. The van der Waals surface area contributed by atoms with Gasteiger partial charge < -0.3 is 10.6 Å². The van der Waals surface area contributed by atoms with Gasteiger partial charge in [-0.2, -0.15) is 5.26 Å². The van der Waals surface area contributed by atoms with Crippen molar-refractivity contribution < 1.29 is 0 Å². The second kappa shape index (κ2) is 5.15. The van der Waals surface area contributed by atoms with Crippen LogP contribution in [0.2, 0.25) is 0 Å². The van der Waals surface area contributed by atoms with Crippen LogP contribution in [0.4, 0.5) is 5.69 Å². The maximum atomic E-state index is 9.13. The van der Waals surface area contributed by atoms with Gasteiger partial charge in [-0.25, -0.2) is 0 Å². The standard InChI is InChI=1S/C13H18N4/c1-10-2-3-11(6-14)9-17(10)13-8-16-5-4-12(13)7-15/h4-5,8,10-11H,2-3,6,9,14H2,1H3. The number of nitriles is 1. The molecular weight excluding hydrogens is 212 g/mol. The molecule has 0 amide bonds. The lowest BCUT2D eigenvalue weighted by molar-refractivity contribution is 0.373. The number of rotatable bonds is 2. The summed E-state index contributed by atoms with van der Waals surface area (Å²) in [5.74, 6) is 0.526. The fourth-order valence-corrected chi connectivity index (χ4v) is 2.42. The second-order valence-corrected chi connectivity index (χ2v) is 4.69. The Hall–Kier alpha value is -1.60. The molecule has 1 aromatic heterocycles. The third kappa shape index (κ3) is 2.40. The summed E-state index contributed by atoms with van der Waals surface area (Å²) in [6, 6.07) is 4.46. The molecule has 1 aliphatic heterocycles. The van der Waals surface area contributed by atoms with E-state index in [1.54, 1.807) is 18.5 Å². The van der Waals surface area contributed by atoms with E-state index in [9.17, 15) is 0 Å². The summed E-state index contributed by atoms with van der Waals surface area (Å²) in [5.41, 5.74) is 7.40. The Labute approximate surface area is 102 Å². The summed E-state index contributed by atoms with van der Waals surface area (Å²) in [5, 5.41) is 9.13. The molecule has 0 spiro atoms. The first-order valence-corrected chi connectivity index (χ1v) is 6.07. The van der Waals surface area contributed by atoms with E-state index >= 15 is 0 Å². The number of hydrogen-bond acceptors (Lipinski definition) is 4. The molecule has 4 nitrogen and oxygen atoms in total. The Balaban J connectivity index is 2.28. The van der Waals surface area contributed by atoms with Crippen LogP contribution in [-0.2, 0) is 0 Å². The van der Waals surface area contributed by atoms with E-state index in [4.69, 9.17) is 11.0 Å². The van der Waals surface area contributed by atoms with Crippen molar-refractivity contribution >= 4 is 5.69 Å². The first kappa shape index (κ1) is 11.9. The predicted octanol–water partition coefficient (Wildman–Crippen LogP) is 1.52. The minimum Gasteiger partial charge on any atom is -0.366 e. The van der Waals surface area contributed by atoms with Crippen molar-refractivity contribution in [3.05, 3.63) is 24.0 Å². The summed E-state index contributed by atoms with van der Waals surface area (Å²) < 4.78 is 0. The Kier molecular flexibility index (Phi) is 3.60. The largest absolute Gasteiger partial charge is 0.366 e. The van der Waals surface area contributed by atoms with E-state index in [2.05, 4.69) is 22.9 Å². The number of anilines is 1. The Morgan fingerprint density at radius 2 is 2.41 bits per heavy atom.